The van der Waals surface area contributed by atoms with Crippen molar-refractivity contribution in [2.24, 2.45) is 5.41 Å². The third-order valence-electron chi connectivity index (χ3n) is 8.58. The van der Waals surface area contributed by atoms with Gasteiger partial charge in [-0.15, -0.1) is 0 Å². The summed E-state index contributed by atoms with van der Waals surface area (Å²) in [7, 11) is -1.42. The van der Waals surface area contributed by atoms with E-state index >= 15 is 0 Å². The molecule has 0 spiro atoms. The van der Waals surface area contributed by atoms with E-state index in [1.165, 1.54) is 5.56 Å². The summed E-state index contributed by atoms with van der Waals surface area (Å²) < 4.78 is 43.4. The number of benzene rings is 3. The van der Waals surface area contributed by atoms with Crippen LogP contribution in [0.5, 0.6) is 5.75 Å². The highest BCUT2D eigenvalue weighted by Crippen LogP contribution is 2.32. The highest BCUT2D eigenvalue weighted by molar-refractivity contribution is 7.91. The molecule has 2 aliphatic heterocycles. The zero-order valence-corrected chi connectivity index (χ0v) is 28.2. The summed E-state index contributed by atoms with van der Waals surface area (Å²) in [6, 6.07) is 21.4. The molecule has 3 aromatic rings. The lowest BCUT2D eigenvalue weighted by atomic mass is 9.96. The Morgan fingerprint density at radius 2 is 1.67 bits per heavy atom. The highest BCUT2D eigenvalue weighted by atomic mass is 32.2. The van der Waals surface area contributed by atoms with Crippen molar-refractivity contribution in [3.8, 4) is 16.9 Å². The van der Waals surface area contributed by atoms with Crippen LogP contribution in [0.25, 0.3) is 17.2 Å². The van der Waals surface area contributed by atoms with Crippen LogP contribution in [0.15, 0.2) is 77.2 Å². The van der Waals surface area contributed by atoms with Gasteiger partial charge in [-0.3, -0.25) is 9.69 Å². The van der Waals surface area contributed by atoms with Gasteiger partial charge in [0.05, 0.1) is 23.9 Å². The molecule has 0 aliphatic carbocycles. The fourth-order valence-electron chi connectivity index (χ4n) is 5.81. The van der Waals surface area contributed by atoms with Gasteiger partial charge in [-0.2, -0.15) is 0 Å². The van der Waals surface area contributed by atoms with Crippen molar-refractivity contribution in [2.75, 3.05) is 51.2 Å². The Bertz CT molecular complexity index is 1630. The molecule has 8 nitrogen and oxygen atoms in total. The molecule has 1 N–H and O–H groups in total. The van der Waals surface area contributed by atoms with Crippen LogP contribution in [0, 0.1) is 5.41 Å². The minimum Gasteiger partial charge on any atom is -0.493 e. The number of carbonyl (C=O) groups is 1. The van der Waals surface area contributed by atoms with Gasteiger partial charge in [-0.05, 0) is 98.0 Å². The molecule has 9 heteroatoms. The van der Waals surface area contributed by atoms with Crippen LogP contribution in [-0.2, 0) is 30.7 Å². The molecule has 2 heterocycles. The summed E-state index contributed by atoms with van der Waals surface area (Å²) in [6.07, 6.45) is 3.93. The molecule has 0 saturated carbocycles. The second kappa shape index (κ2) is 14.9. The largest absolute Gasteiger partial charge is 0.493 e. The molecule has 1 saturated heterocycles. The first-order valence-corrected chi connectivity index (χ1v) is 17.7. The van der Waals surface area contributed by atoms with Gasteiger partial charge in [0, 0.05) is 49.1 Å². The first kappa shape index (κ1) is 33.9. The summed E-state index contributed by atoms with van der Waals surface area (Å²) in [5.41, 5.74) is 4.46. The van der Waals surface area contributed by atoms with Crippen molar-refractivity contribution >= 4 is 27.5 Å². The topological polar surface area (TPSA) is 94.2 Å². The Morgan fingerprint density at radius 1 is 0.978 bits per heavy atom. The number of rotatable bonds is 12. The molecule has 3 aromatic carbocycles. The molecule has 246 valence electrons. The lowest BCUT2D eigenvalue weighted by Crippen LogP contribution is -2.36. The standard InChI is InChI=1S/C37H46N2O6S/c1-5-43-25-37(2,3)26-45-34-13-8-28(9-14-34)29-10-15-35-31(22-29)23-30(18-21-46(35,41)42)36(40)38-32-11-6-27(7-12-32)24-39(4)33-16-19-44-20-17-33/h6-15,22-23,33H,5,16-21,24-26H2,1-4H3,(H,38,40). The van der Waals surface area contributed by atoms with Crippen molar-refractivity contribution in [3.05, 3.63) is 83.4 Å². The van der Waals surface area contributed by atoms with Gasteiger partial charge in [-0.25, -0.2) is 8.42 Å². The van der Waals surface area contributed by atoms with Crippen LogP contribution in [0.1, 0.15) is 51.2 Å². The lowest BCUT2D eigenvalue weighted by Gasteiger charge is -2.31. The number of sulfone groups is 1. The van der Waals surface area contributed by atoms with E-state index in [0.717, 1.165) is 49.5 Å². The van der Waals surface area contributed by atoms with Gasteiger partial charge in [-0.1, -0.05) is 44.2 Å². The Kier molecular flexibility index (Phi) is 11.0. The molecule has 0 aromatic heterocycles. The molecule has 1 amide bonds. The van der Waals surface area contributed by atoms with Crippen molar-refractivity contribution < 1.29 is 27.4 Å². The molecule has 0 unspecified atom stereocenters. The second-order valence-electron chi connectivity index (χ2n) is 13.0. The van der Waals surface area contributed by atoms with Gasteiger partial charge in [0.2, 0.25) is 0 Å². The molecule has 0 atom stereocenters. The van der Waals surface area contributed by atoms with E-state index in [0.29, 0.717) is 42.7 Å². The molecule has 0 radical (unpaired) electrons. The van der Waals surface area contributed by atoms with Crippen molar-refractivity contribution in [2.45, 2.75) is 57.5 Å². The van der Waals surface area contributed by atoms with Crippen LogP contribution >= 0.6 is 0 Å². The minimum atomic E-state index is -3.55. The summed E-state index contributed by atoms with van der Waals surface area (Å²) in [6.45, 7) is 10.4. The van der Waals surface area contributed by atoms with Gasteiger partial charge < -0.3 is 19.5 Å². The van der Waals surface area contributed by atoms with E-state index in [4.69, 9.17) is 14.2 Å². The van der Waals surface area contributed by atoms with E-state index in [1.54, 1.807) is 12.1 Å². The predicted molar refractivity (Wildman–Crippen MR) is 183 cm³/mol. The number of nitrogens with one attached hydrogen (secondary N) is 1. The lowest BCUT2D eigenvalue weighted by molar-refractivity contribution is -0.112. The maximum atomic E-state index is 13.4. The maximum Gasteiger partial charge on any atom is 0.251 e. The second-order valence-corrected chi connectivity index (χ2v) is 15.1. The minimum absolute atomic E-state index is 0.112. The number of carbonyl (C=O) groups excluding carboxylic acids is 1. The number of hydrogen-bond acceptors (Lipinski definition) is 7. The van der Waals surface area contributed by atoms with Crippen LogP contribution in [0.2, 0.25) is 0 Å². The number of nitrogens with zero attached hydrogens (tertiary/aromatic N) is 1. The molecule has 1 fully saturated rings. The smallest absolute Gasteiger partial charge is 0.251 e. The van der Waals surface area contributed by atoms with Crippen LogP contribution in [0.4, 0.5) is 5.69 Å². The average molecular weight is 647 g/mol. The van der Waals surface area contributed by atoms with E-state index in [9.17, 15) is 13.2 Å². The van der Waals surface area contributed by atoms with E-state index in [2.05, 4.69) is 31.1 Å². The monoisotopic (exact) mass is 646 g/mol. The zero-order chi connectivity index (χ0) is 32.7. The van der Waals surface area contributed by atoms with Crippen LogP contribution in [0.3, 0.4) is 0 Å². The number of fused-ring (bicyclic) bond motifs is 1. The van der Waals surface area contributed by atoms with Gasteiger partial charge in [0.25, 0.3) is 5.91 Å². The van der Waals surface area contributed by atoms with Crippen LogP contribution in [-0.4, -0.2) is 71.1 Å². The molecule has 2 aliphatic rings. The van der Waals surface area contributed by atoms with Crippen LogP contribution < -0.4 is 10.1 Å². The fourth-order valence-corrected chi connectivity index (χ4v) is 7.27. The zero-order valence-electron chi connectivity index (χ0n) is 27.4. The third kappa shape index (κ3) is 8.85. The molecule has 0 bridgehead atoms. The molecule has 46 heavy (non-hydrogen) atoms. The molecule has 5 rings (SSSR count). The SMILES string of the molecule is CCOCC(C)(C)COc1ccc(-c2ccc3c(c2)C=C(C(=O)Nc2ccc(CN(C)C4CCOCC4)cc2)CCS3(=O)=O)cc1. The molecular formula is C37H46N2O6S. The number of anilines is 1. The summed E-state index contributed by atoms with van der Waals surface area (Å²) >= 11 is 0. The van der Waals surface area contributed by atoms with E-state index < -0.39 is 9.84 Å². The first-order chi connectivity index (χ1) is 22.0. The van der Waals surface area contributed by atoms with Gasteiger partial charge in [0.15, 0.2) is 9.84 Å². The summed E-state index contributed by atoms with van der Waals surface area (Å²) in [4.78, 5) is 16.0. The van der Waals surface area contributed by atoms with Gasteiger partial charge >= 0.3 is 0 Å². The van der Waals surface area contributed by atoms with E-state index in [1.807, 2.05) is 67.6 Å². The van der Waals surface area contributed by atoms with Crippen molar-refractivity contribution in [1.82, 2.24) is 4.90 Å². The predicted octanol–water partition coefficient (Wildman–Crippen LogP) is 6.61. The quantitative estimate of drug-likeness (QED) is 0.237. The Balaban J connectivity index is 1.27. The third-order valence-corrected chi connectivity index (χ3v) is 10.4. The maximum absolute atomic E-state index is 13.4. The summed E-state index contributed by atoms with van der Waals surface area (Å²) in [5, 5.41) is 2.97. The normalized spacial score (nSPS) is 16.8. The highest BCUT2D eigenvalue weighted by Gasteiger charge is 2.26. The van der Waals surface area contributed by atoms with Gasteiger partial charge in [0.1, 0.15) is 5.75 Å². The Hall–Kier alpha value is -3.50. The number of ether oxygens (including phenoxy) is 3. The first-order valence-electron chi connectivity index (χ1n) is 16.1. The fraction of sp³-hybridized carbons (Fsp3) is 0.432. The average Bonchev–Trinajstić information content (AvgIpc) is 3.19. The number of amides is 1. The Morgan fingerprint density at radius 3 is 2.37 bits per heavy atom. The van der Waals surface area contributed by atoms with Crippen molar-refractivity contribution in [3.63, 3.8) is 0 Å². The molecular weight excluding hydrogens is 600 g/mol. The van der Waals surface area contributed by atoms with Crippen molar-refractivity contribution in [1.29, 1.82) is 0 Å². The van der Waals surface area contributed by atoms with E-state index in [-0.39, 0.29) is 28.4 Å². The number of hydrogen-bond donors (Lipinski definition) is 1. The Labute approximate surface area is 273 Å². The summed E-state index contributed by atoms with van der Waals surface area (Å²) in [5.74, 6) is 0.333.